The van der Waals surface area contributed by atoms with Gasteiger partial charge in [0.2, 0.25) is 0 Å². The Hall–Kier alpha value is -2.99. The second-order valence-electron chi connectivity index (χ2n) is 5.63. The second kappa shape index (κ2) is 6.86. The quantitative estimate of drug-likeness (QED) is 0.679. The van der Waals surface area contributed by atoms with Crippen molar-refractivity contribution in [3.63, 3.8) is 0 Å². The Morgan fingerprint density at radius 3 is 2.60 bits per heavy atom. The zero-order valence-electron chi connectivity index (χ0n) is 13.3. The molecule has 0 aliphatic carbocycles. The summed E-state index contributed by atoms with van der Waals surface area (Å²) in [4.78, 5) is 24.6. The number of rotatable bonds is 3. The maximum atomic E-state index is 12.8. The fourth-order valence-corrected chi connectivity index (χ4v) is 2.81. The molecule has 2 aromatic carbocycles. The molecule has 3 rings (SSSR count). The summed E-state index contributed by atoms with van der Waals surface area (Å²) < 4.78 is 0. The third-order valence-electron chi connectivity index (χ3n) is 3.82. The van der Waals surface area contributed by atoms with Crippen LogP contribution in [0.2, 0.25) is 5.02 Å². The van der Waals surface area contributed by atoms with Gasteiger partial charge in [0, 0.05) is 16.4 Å². The average Bonchev–Trinajstić information content (AvgIpc) is 2.56. The smallest absolute Gasteiger partial charge is 0.319 e. The number of hydrogen-bond donors (Lipinski definition) is 4. The molecule has 4 N–H and O–H groups in total. The Bertz CT molecular complexity index is 862. The molecule has 1 aliphatic heterocycles. The van der Waals surface area contributed by atoms with E-state index in [0.29, 0.717) is 27.5 Å². The topological polar surface area (TPSA) is 90.5 Å². The SMILES string of the molecule is CC1=C(C(=O)Nc2ccc(Cl)cc2)[C@H](c2cccc(O)c2)NC(=O)N1. The highest BCUT2D eigenvalue weighted by atomic mass is 35.5. The molecule has 7 heteroatoms. The zero-order valence-corrected chi connectivity index (χ0v) is 14.1. The van der Waals surface area contributed by atoms with Gasteiger partial charge in [-0.15, -0.1) is 0 Å². The number of carbonyl (C=O) groups is 2. The summed E-state index contributed by atoms with van der Waals surface area (Å²) in [5, 5.41) is 18.4. The van der Waals surface area contributed by atoms with Crippen LogP contribution in [0.4, 0.5) is 10.5 Å². The number of urea groups is 1. The maximum Gasteiger partial charge on any atom is 0.319 e. The van der Waals surface area contributed by atoms with Crippen LogP contribution >= 0.6 is 11.6 Å². The minimum absolute atomic E-state index is 0.0559. The Morgan fingerprint density at radius 2 is 1.92 bits per heavy atom. The average molecular weight is 358 g/mol. The van der Waals surface area contributed by atoms with Crippen molar-refractivity contribution in [3.05, 3.63) is 70.4 Å². The van der Waals surface area contributed by atoms with Crippen LogP contribution in [-0.2, 0) is 4.79 Å². The summed E-state index contributed by atoms with van der Waals surface area (Å²) >= 11 is 5.85. The molecule has 6 nitrogen and oxygen atoms in total. The summed E-state index contributed by atoms with van der Waals surface area (Å²) in [6.45, 7) is 1.66. The molecule has 1 heterocycles. The van der Waals surface area contributed by atoms with Crippen molar-refractivity contribution in [1.29, 1.82) is 0 Å². The van der Waals surface area contributed by atoms with Crippen molar-refractivity contribution in [1.82, 2.24) is 10.6 Å². The lowest BCUT2D eigenvalue weighted by atomic mass is 9.94. The normalized spacial score (nSPS) is 16.9. The van der Waals surface area contributed by atoms with E-state index < -0.39 is 12.1 Å². The van der Waals surface area contributed by atoms with Gasteiger partial charge in [0.15, 0.2) is 0 Å². The highest BCUT2D eigenvalue weighted by Gasteiger charge is 2.31. The van der Waals surface area contributed by atoms with Crippen LogP contribution in [0.5, 0.6) is 5.75 Å². The Balaban J connectivity index is 1.94. The monoisotopic (exact) mass is 357 g/mol. The van der Waals surface area contributed by atoms with Crippen LogP contribution in [0.25, 0.3) is 0 Å². The summed E-state index contributed by atoms with van der Waals surface area (Å²) in [6.07, 6.45) is 0. The van der Waals surface area contributed by atoms with Crippen LogP contribution in [0, 0.1) is 0 Å². The highest BCUT2D eigenvalue weighted by Crippen LogP contribution is 2.29. The fourth-order valence-electron chi connectivity index (χ4n) is 2.68. The largest absolute Gasteiger partial charge is 0.508 e. The van der Waals surface area contributed by atoms with E-state index in [1.165, 1.54) is 12.1 Å². The fraction of sp³-hybridized carbons (Fsp3) is 0.111. The number of hydrogen-bond acceptors (Lipinski definition) is 3. The molecule has 25 heavy (non-hydrogen) atoms. The van der Waals surface area contributed by atoms with E-state index >= 15 is 0 Å². The van der Waals surface area contributed by atoms with Crippen LogP contribution < -0.4 is 16.0 Å². The van der Waals surface area contributed by atoms with Crippen molar-refractivity contribution in [2.45, 2.75) is 13.0 Å². The molecular weight excluding hydrogens is 342 g/mol. The number of carbonyl (C=O) groups excluding carboxylic acids is 2. The van der Waals surface area contributed by atoms with Gasteiger partial charge in [-0.05, 0) is 48.9 Å². The molecule has 0 saturated heterocycles. The Labute approximate surface area is 149 Å². The van der Waals surface area contributed by atoms with Gasteiger partial charge in [0.05, 0.1) is 11.6 Å². The van der Waals surface area contributed by atoms with E-state index in [0.717, 1.165) is 0 Å². The van der Waals surface area contributed by atoms with Gasteiger partial charge in [-0.3, -0.25) is 4.79 Å². The van der Waals surface area contributed by atoms with Crippen molar-refractivity contribution in [2.75, 3.05) is 5.32 Å². The number of phenolic OH excluding ortho intramolecular Hbond substituents is 1. The minimum atomic E-state index is -0.673. The molecule has 0 aromatic heterocycles. The number of amides is 3. The number of benzene rings is 2. The van der Waals surface area contributed by atoms with Crippen LogP contribution in [-0.4, -0.2) is 17.0 Å². The molecule has 0 unspecified atom stereocenters. The second-order valence-corrected chi connectivity index (χ2v) is 6.06. The molecular formula is C18H16ClN3O3. The van der Waals surface area contributed by atoms with Crippen molar-refractivity contribution in [2.24, 2.45) is 0 Å². The van der Waals surface area contributed by atoms with Gasteiger partial charge in [-0.25, -0.2) is 4.79 Å². The molecule has 128 valence electrons. The summed E-state index contributed by atoms with van der Waals surface area (Å²) in [5.41, 5.74) is 2.00. The van der Waals surface area contributed by atoms with Gasteiger partial charge in [0.1, 0.15) is 5.75 Å². The minimum Gasteiger partial charge on any atom is -0.508 e. The van der Waals surface area contributed by atoms with Gasteiger partial charge in [-0.2, -0.15) is 0 Å². The summed E-state index contributed by atoms with van der Waals surface area (Å²) in [5.74, 6) is -0.305. The Kier molecular flexibility index (Phi) is 4.63. The van der Waals surface area contributed by atoms with Crippen molar-refractivity contribution >= 4 is 29.2 Å². The third kappa shape index (κ3) is 3.75. The van der Waals surface area contributed by atoms with Gasteiger partial charge in [0.25, 0.3) is 5.91 Å². The predicted octanol–water partition coefficient (Wildman–Crippen LogP) is 3.31. The Morgan fingerprint density at radius 1 is 1.20 bits per heavy atom. The molecule has 0 radical (unpaired) electrons. The third-order valence-corrected chi connectivity index (χ3v) is 4.07. The molecule has 0 fully saturated rings. The number of aromatic hydroxyl groups is 1. The van der Waals surface area contributed by atoms with E-state index in [-0.39, 0.29) is 11.7 Å². The van der Waals surface area contributed by atoms with Crippen LogP contribution in [0.3, 0.4) is 0 Å². The van der Waals surface area contributed by atoms with Gasteiger partial charge < -0.3 is 21.1 Å². The first-order chi connectivity index (χ1) is 11.9. The number of anilines is 1. The van der Waals surface area contributed by atoms with Crippen molar-refractivity contribution < 1.29 is 14.7 Å². The number of nitrogens with one attached hydrogen (secondary N) is 3. The van der Waals surface area contributed by atoms with E-state index in [1.54, 1.807) is 43.3 Å². The van der Waals surface area contributed by atoms with Crippen molar-refractivity contribution in [3.8, 4) is 5.75 Å². The summed E-state index contributed by atoms with van der Waals surface area (Å²) in [7, 11) is 0. The molecule has 0 spiro atoms. The molecule has 0 saturated carbocycles. The molecule has 1 atom stereocenters. The van der Waals surface area contributed by atoms with Crippen LogP contribution in [0.15, 0.2) is 59.8 Å². The van der Waals surface area contributed by atoms with E-state index in [2.05, 4.69) is 16.0 Å². The lowest BCUT2D eigenvalue weighted by Crippen LogP contribution is -2.45. The lowest BCUT2D eigenvalue weighted by Gasteiger charge is -2.28. The molecule has 1 aliphatic rings. The maximum absolute atomic E-state index is 12.8. The molecule has 2 aromatic rings. The van der Waals surface area contributed by atoms with E-state index in [4.69, 9.17) is 11.6 Å². The number of phenols is 1. The number of allylic oxidation sites excluding steroid dienone is 1. The van der Waals surface area contributed by atoms with Crippen LogP contribution in [0.1, 0.15) is 18.5 Å². The highest BCUT2D eigenvalue weighted by molar-refractivity contribution is 6.30. The van der Waals surface area contributed by atoms with Gasteiger partial charge in [-0.1, -0.05) is 23.7 Å². The number of halogens is 1. The zero-order chi connectivity index (χ0) is 18.0. The first-order valence-electron chi connectivity index (χ1n) is 7.58. The predicted molar refractivity (Wildman–Crippen MR) is 95.3 cm³/mol. The standard InChI is InChI=1S/C18H16ClN3O3/c1-10-15(17(24)21-13-7-5-12(19)6-8-13)16(22-18(25)20-10)11-3-2-4-14(23)9-11/h2-9,16,23H,1H3,(H,21,24)(H2,20,22,25)/t16-/m0/s1. The molecule has 3 amide bonds. The van der Waals surface area contributed by atoms with Gasteiger partial charge >= 0.3 is 6.03 Å². The summed E-state index contributed by atoms with van der Waals surface area (Å²) in [6, 6.07) is 12.1. The van der Waals surface area contributed by atoms with E-state index in [1.807, 2.05) is 0 Å². The molecule has 0 bridgehead atoms. The first-order valence-corrected chi connectivity index (χ1v) is 7.96. The first kappa shape index (κ1) is 16.9. The van der Waals surface area contributed by atoms with E-state index in [9.17, 15) is 14.7 Å². The lowest BCUT2D eigenvalue weighted by molar-refractivity contribution is -0.113.